The number of hydrogen-bond acceptors (Lipinski definition) is 5. The molecule has 3 rings (SSSR count). The van der Waals surface area contributed by atoms with Gasteiger partial charge in [-0.2, -0.15) is 5.26 Å². The fourth-order valence-corrected chi connectivity index (χ4v) is 3.05. The number of nitriles is 1. The van der Waals surface area contributed by atoms with Crippen LogP contribution in [0.1, 0.15) is 23.1 Å². The smallest absolute Gasteiger partial charge is 0.339 e. The Morgan fingerprint density at radius 1 is 1.21 bits per heavy atom. The number of nitrogens with zero attached hydrogens (tertiary/aromatic N) is 1. The first-order chi connectivity index (χ1) is 13.5. The highest BCUT2D eigenvalue weighted by molar-refractivity contribution is 5.91. The fourth-order valence-electron chi connectivity index (χ4n) is 3.05. The maximum atomic E-state index is 12.4. The summed E-state index contributed by atoms with van der Waals surface area (Å²) in [6.45, 7) is 1.85. The number of benzene rings is 2. The molecule has 1 N–H and O–H groups in total. The van der Waals surface area contributed by atoms with Crippen molar-refractivity contribution in [1.29, 1.82) is 5.26 Å². The number of amides is 1. The normalized spacial score (nSPS) is 10.5. The number of rotatable bonds is 6. The Morgan fingerprint density at radius 2 is 1.96 bits per heavy atom. The molecular weight excluding hydrogens is 356 g/mol. The lowest BCUT2D eigenvalue weighted by atomic mass is 10.0. The van der Waals surface area contributed by atoms with Crippen LogP contribution in [0.2, 0.25) is 0 Å². The van der Waals surface area contributed by atoms with Crippen molar-refractivity contribution in [1.82, 2.24) is 0 Å². The van der Waals surface area contributed by atoms with Crippen LogP contribution in [0, 0.1) is 18.3 Å². The van der Waals surface area contributed by atoms with E-state index < -0.39 is 5.63 Å². The Kier molecular flexibility index (Phi) is 5.75. The Labute approximate surface area is 162 Å². The van der Waals surface area contributed by atoms with Crippen LogP contribution < -0.4 is 15.7 Å². The van der Waals surface area contributed by atoms with E-state index in [4.69, 9.17) is 14.4 Å². The molecule has 0 aliphatic heterocycles. The van der Waals surface area contributed by atoms with Crippen molar-refractivity contribution in [2.24, 2.45) is 0 Å². The molecule has 2 aromatic carbocycles. The first kappa shape index (κ1) is 19.2. The summed E-state index contributed by atoms with van der Waals surface area (Å²) in [4.78, 5) is 24.6. The first-order valence-electron chi connectivity index (χ1n) is 8.88. The molecule has 1 aromatic heterocycles. The van der Waals surface area contributed by atoms with E-state index in [0.717, 1.165) is 16.5 Å². The van der Waals surface area contributed by atoms with Gasteiger partial charge in [-0.3, -0.25) is 4.79 Å². The molecule has 0 saturated heterocycles. The zero-order valence-electron chi connectivity index (χ0n) is 15.7. The predicted molar refractivity (Wildman–Crippen MR) is 106 cm³/mol. The maximum absolute atomic E-state index is 12.4. The molecule has 28 heavy (non-hydrogen) atoms. The number of nitrogens with one attached hydrogen (secondary N) is 1. The van der Waals surface area contributed by atoms with Gasteiger partial charge in [-0.15, -0.1) is 0 Å². The Hall–Kier alpha value is -3.59. The van der Waals surface area contributed by atoms with Crippen molar-refractivity contribution in [2.45, 2.75) is 26.2 Å². The molecular formula is C22H20N2O4. The average Bonchev–Trinajstić information content (AvgIpc) is 2.69. The van der Waals surface area contributed by atoms with Crippen molar-refractivity contribution < 1.29 is 13.9 Å². The van der Waals surface area contributed by atoms with Crippen molar-refractivity contribution in [2.75, 3.05) is 12.4 Å². The van der Waals surface area contributed by atoms with Crippen molar-refractivity contribution in [3.8, 4) is 11.8 Å². The molecule has 0 radical (unpaired) electrons. The molecule has 0 saturated carbocycles. The molecule has 1 heterocycles. The summed E-state index contributed by atoms with van der Waals surface area (Å²) in [5, 5.41) is 12.3. The number of methoxy groups -OCH3 is 1. The standard InChI is InChI=1S/C22H20N2O4/c1-14-18-8-7-17(27-2)13-20(18)28-22(26)19(14)9-10-21(25)24-16-5-3-15(4-6-16)11-12-23/h3-8,13H,9-11H2,1-2H3,(H,24,25). The van der Waals surface area contributed by atoms with Gasteiger partial charge in [0.2, 0.25) is 5.91 Å². The zero-order valence-corrected chi connectivity index (χ0v) is 15.7. The predicted octanol–water partition coefficient (Wildman–Crippen LogP) is 3.75. The van der Waals surface area contributed by atoms with Gasteiger partial charge in [0.1, 0.15) is 11.3 Å². The maximum Gasteiger partial charge on any atom is 0.339 e. The van der Waals surface area contributed by atoms with E-state index in [1.807, 2.05) is 19.1 Å². The van der Waals surface area contributed by atoms with Gasteiger partial charge >= 0.3 is 5.63 Å². The van der Waals surface area contributed by atoms with Crippen LogP contribution in [-0.4, -0.2) is 13.0 Å². The number of fused-ring (bicyclic) bond motifs is 1. The average molecular weight is 376 g/mol. The zero-order chi connectivity index (χ0) is 20.1. The molecule has 0 aliphatic carbocycles. The molecule has 0 atom stereocenters. The summed E-state index contributed by atoms with van der Waals surface area (Å²) in [6, 6.07) is 14.5. The quantitative estimate of drug-likeness (QED) is 0.662. The summed E-state index contributed by atoms with van der Waals surface area (Å²) >= 11 is 0. The van der Waals surface area contributed by atoms with Gasteiger partial charge in [-0.1, -0.05) is 12.1 Å². The van der Waals surface area contributed by atoms with Crippen LogP contribution in [0.15, 0.2) is 51.7 Å². The minimum absolute atomic E-state index is 0.160. The van der Waals surface area contributed by atoms with Crippen LogP contribution in [-0.2, 0) is 17.6 Å². The molecule has 3 aromatic rings. The molecule has 6 nitrogen and oxygen atoms in total. The van der Waals surface area contributed by atoms with Crippen molar-refractivity contribution in [3.05, 3.63) is 69.6 Å². The minimum Gasteiger partial charge on any atom is -0.497 e. The highest BCUT2D eigenvalue weighted by Gasteiger charge is 2.14. The van der Waals surface area contributed by atoms with E-state index in [9.17, 15) is 9.59 Å². The third-order valence-electron chi connectivity index (χ3n) is 4.62. The number of carbonyl (C=O) groups excluding carboxylic acids is 1. The summed E-state index contributed by atoms with van der Waals surface area (Å²) < 4.78 is 10.6. The number of aryl methyl sites for hydroxylation is 1. The topological polar surface area (TPSA) is 92.3 Å². The van der Waals surface area contributed by atoms with Gasteiger partial charge in [-0.25, -0.2) is 4.79 Å². The molecule has 0 fully saturated rings. The molecule has 0 unspecified atom stereocenters. The Morgan fingerprint density at radius 3 is 2.64 bits per heavy atom. The lowest BCUT2D eigenvalue weighted by Gasteiger charge is -2.09. The summed E-state index contributed by atoms with van der Waals surface area (Å²) in [5.41, 5.74) is 2.88. The van der Waals surface area contributed by atoms with Crippen molar-refractivity contribution in [3.63, 3.8) is 0 Å². The van der Waals surface area contributed by atoms with E-state index in [0.29, 0.717) is 29.0 Å². The molecule has 6 heteroatoms. The van der Waals surface area contributed by atoms with E-state index in [-0.39, 0.29) is 18.7 Å². The third kappa shape index (κ3) is 4.21. The molecule has 1 amide bonds. The highest BCUT2D eigenvalue weighted by atomic mass is 16.5. The van der Waals surface area contributed by atoms with Gasteiger partial charge in [0.05, 0.1) is 19.6 Å². The minimum atomic E-state index is -0.438. The highest BCUT2D eigenvalue weighted by Crippen LogP contribution is 2.24. The van der Waals surface area contributed by atoms with Crippen LogP contribution in [0.3, 0.4) is 0 Å². The van der Waals surface area contributed by atoms with Gasteiger partial charge in [-0.05, 0) is 48.7 Å². The number of hydrogen-bond donors (Lipinski definition) is 1. The second-order valence-corrected chi connectivity index (χ2v) is 6.44. The number of carbonyl (C=O) groups is 1. The van der Waals surface area contributed by atoms with Crippen LogP contribution >= 0.6 is 0 Å². The number of ether oxygens (including phenoxy) is 1. The summed E-state index contributed by atoms with van der Waals surface area (Å²) in [7, 11) is 1.55. The lowest BCUT2D eigenvalue weighted by Crippen LogP contribution is -2.16. The van der Waals surface area contributed by atoms with E-state index in [2.05, 4.69) is 11.4 Å². The molecule has 0 bridgehead atoms. The van der Waals surface area contributed by atoms with Crippen LogP contribution in [0.4, 0.5) is 5.69 Å². The van der Waals surface area contributed by atoms with Crippen molar-refractivity contribution >= 4 is 22.6 Å². The van der Waals surface area contributed by atoms with Gasteiger partial charge < -0.3 is 14.5 Å². The first-order valence-corrected chi connectivity index (χ1v) is 8.88. The SMILES string of the molecule is COc1ccc2c(C)c(CCC(=O)Nc3ccc(CC#N)cc3)c(=O)oc2c1. The van der Waals surface area contributed by atoms with E-state index in [1.54, 1.807) is 37.4 Å². The molecule has 142 valence electrons. The second-order valence-electron chi connectivity index (χ2n) is 6.44. The van der Waals surface area contributed by atoms with Gasteiger partial charge in [0.25, 0.3) is 0 Å². The monoisotopic (exact) mass is 376 g/mol. The molecule has 0 aliphatic rings. The fraction of sp³-hybridized carbons (Fsp3) is 0.227. The largest absolute Gasteiger partial charge is 0.497 e. The van der Waals surface area contributed by atoms with Crippen LogP contribution in [0.5, 0.6) is 5.75 Å². The Bertz CT molecular complexity index is 1110. The summed E-state index contributed by atoms with van der Waals surface area (Å²) in [5.74, 6) is 0.421. The Balaban J connectivity index is 1.71. The lowest BCUT2D eigenvalue weighted by molar-refractivity contribution is -0.116. The second kappa shape index (κ2) is 8.40. The third-order valence-corrected chi connectivity index (χ3v) is 4.62. The summed E-state index contributed by atoms with van der Waals surface area (Å²) in [6.07, 6.45) is 0.777. The van der Waals surface area contributed by atoms with Gasteiger partial charge in [0.15, 0.2) is 0 Å². The van der Waals surface area contributed by atoms with Gasteiger partial charge in [0, 0.05) is 29.1 Å². The van der Waals surface area contributed by atoms with E-state index >= 15 is 0 Å². The number of anilines is 1. The van der Waals surface area contributed by atoms with Crippen LogP contribution in [0.25, 0.3) is 11.0 Å². The molecule has 0 spiro atoms. The van der Waals surface area contributed by atoms with E-state index in [1.165, 1.54) is 0 Å².